The molecule has 0 heterocycles. The van der Waals surface area contributed by atoms with Gasteiger partial charge in [0.25, 0.3) is 6.23 Å². The number of aliphatic carboxylic acids is 1. The number of hydrogen-bond acceptors (Lipinski definition) is 2. The fourth-order valence-electron chi connectivity index (χ4n) is 1.21. The van der Waals surface area contributed by atoms with Crippen molar-refractivity contribution in [2.45, 2.75) is 26.2 Å². The molecule has 1 atom stereocenters. The summed E-state index contributed by atoms with van der Waals surface area (Å²) >= 11 is 0. The van der Waals surface area contributed by atoms with Gasteiger partial charge in [0.05, 0.1) is 26.7 Å². The summed E-state index contributed by atoms with van der Waals surface area (Å²) < 4.78 is 5.60. The van der Waals surface area contributed by atoms with Gasteiger partial charge in [0.1, 0.15) is 0 Å². The van der Waals surface area contributed by atoms with Crippen molar-refractivity contribution >= 4 is 5.97 Å². The molecule has 0 aromatic heterocycles. The molecule has 0 radical (unpaired) electrons. The second-order valence-electron chi connectivity index (χ2n) is 4.13. The lowest BCUT2D eigenvalue weighted by molar-refractivity contribution is -0.923. The summed E-state index contributed by atoms with van der Waals surface area (Å²) in [5, 5.41) is 9.01. The van der Waals surface area contributed by atoms with E-state index in [0.29, 0.717) is 6.54 Å². The van der Waals surface area contributed by atoms with Gasteiger partial charge in [-0.1, -0.05) is 6.58 Å². The number of carboxylic acids is 1. The first-order valence-corrected chi connectivity index (χ1v) is 4.63. The summed E-state index contributed by atoms with van der Waals surface area (Å²) in [5.41, 5.74) is 0. The lowest BCUT2D eigenvalue weighted by Gasteiger charge is -2.34. The summed E-state index contributed by atoms with van der Waals surface area (Å²) in [5.74, 6) is -0.939. The minimum atomic E-state index is -0.939. The van der Waals surface area contributed by atoms with Crippen molar-refractivity contribution in [3.05, 3.63) is 12.7 Å². The maximum Gasteiger partial charge on any atom is 0.392 e. The summed E-state index contributed by atoms with van der Waals surface area (Å²) in [6.07, 6.45) is 0.755. The first-order chi connectivity index (χ1) is 6.31. The Balaban J connectivity index is 4.62. The van der Waals surface area contributed by atoms with Crippen LogP contribution < -0.4 is 0 Å². The minimum Gasteiger partial charge on any atom is -0.475 e. The van der Waals surface area contributed by atoms with Gasteiger partial charge in [0.15, 0.2) is 0 Å². The number of likely N-dealkylation sites (N-methyl/N-ethyl adjacent to an activating group) is 1. The predicted octanol–water partition coefficient (Wildman–Crippen LogP) is 1.08. The van der Waals surface area contributed by atoms with Crippen LogP contribution in [0, 0.1) is 0 Å². The number of hydrogen-bond donors (Lipinski definition) is 1. The fourth-order valence-corrected chi connectivity index (χ4v) is 1.21. The molecule has 1 unspecified atom stereocenters. The molecule has 0 saturated heterocycles. The van der Waals surface area contributed by atoms with Crippen molar-refractivity contribution in [1.82, 2.24) is 0 Å². The van der Waals surface area contributed by atoms with Crippen molar-refractivity contribution in [2.24, 2.45) is 0 Å². The second-order valence-corrected chi connectivity index (χ2v) is 4.13. The lowest BCUT2D eigenvalue weighted by atomic mass is 10.3. The molecule has 1 N–H and O–H groups in total. The van der Waals surface area contributed by atoms with Gasteiger partial charge < -0.3 is 9.84 Å². The lowest BCUT2D eigenvalue weighted by Crippen LogP contribution is -2.55. The van der Waals surface area contributed by atoms with Gasteiger partial charge in [-0.2, -0.15) is 0 Å². The van der Waals surface area contributed by atoms with Crippen molar-refractivity contribution in [1.29, 1.82) is 0 Å². The van der Waals surface area contributed by atoms with Crippen LogP contribution in [0.15, 0.2) is 12.7 Å². The zero-order valence-corrected chi connectivity index (χ0v) is 9.36. The van der Waals surface area contributed by atoms with Gasteiger partial charge in [0.2, 0.25) is 0 Å². The largest absolute Gasteiger partial charge is 0.475 e. The maximum absolute atomic E-state index is 11.0. The number of rotatable bonds is 6. The van der Waals surface area contributed by atoms with E-state index in [4.69, 9.17) is 9.84 Å². The number of nitrogens with zero attached hydrogens (tertiary/aromatic N) is 1. The van der Waals surface area contributed by atoms with Crippen molar-refractivity contribution in [3.63, 3.8) is 0 Å². The third-order valence-electron chi connectivity index (χ3n) is 1.85. The van der Waals surface area contributed by atoms with Gasteiger partial charge in [-0.25, -0.2) is 4.79 Å². The Morgan fingerprint density at radius 3 is 2.36 bits per heavy atom. The van der Waals surface area contributed by atoms with E-state index in [1.807, 2.05) is 27.9 Å². The van der Waals surface area contributed by atoms with Crippen LogP contribution >= 0.6 is 0 Å². The Morgan fingerprint density at radius 1 is 1.57 bits per heavy atom. The topological polar surface area (TPSA) is 46.5 Å². The zero-order chi connectivity index (χ0) is 11.4. The van der Waals surface area contributed by atoms with E-state index in [1.54, 1.807) is 6.08 Å². The molecule has 0 spiro atoms. The summed E-state index contributed by atoms with van der Waals surface area (Å²) in [7, 11) is 3.62. The summed E-state index contributed by atoms with van der Waals surface area (Å²) in [6, 6.07) is 0. The normalized spacial score (nSPS) is 14.1. The molecule has 4 nitrogen and oxygen atoms in total. The first kappa shape index (κ1) is 13.1. The van der Waals surface area contributed by atoms with Gasteiger partial charge >= 0.3 is 5.97 Å². The van der Waals surface area contributed by atoms with Crippen LogP contribution in [0.25, 0.3) is 0 Å². The molecule has 0 saturated carbocycles. The Hall–Kier alpha value is -0.870. The highest BCUT2D eigenvalue weighted by Crippen LogP contribution is 2.11. The van der Waals surface area contributed by atoms with Crippen molar-refractivity contribution in [3.8, 4) is 0 Å². The maximum atomic E-state index is 11.0. The average molecular weight is 202 g/mol. The van der Waals surface area contributed by atoms with Crippen LogP contribution in [0.5, 0.6) is 0 Å². The zero-order valence-electron chi connectivity index (χ0n) is 9.36. The Labute approximate surface area is 85.4 Å². The molecule has 14 heavy (non-hydrogen) atoms. The van der Waals surface area contributed by atoms with E-state index in [1.165, 1.54) is 0 Å². The van der Waals surface area contributed by atoms with Gasteiger partial charge in [-0.05, 0) is 19.9 Å². The van der Waals surface area contributed by atoms with E-state index in [0.717, 1.165) is 0 Å². The molecule has 0 aromatic rings. The molecule has 0 aliphatic rings. The van der Waals surface area contributed by atoms with Gasteiger partial charge in [0, 0.05) is 0 Å². The standard InChI is InChI=1S/C10H19NO3/c1-6-7-11(4,5)9(10(12)13)14-8(2)3/h6,8-9H,1,7H2,2-5H3/p+1. The molecular formula is C10H20NO3+. The van der Waals surface area contributed by atoms with Crippen LogP contribution in [-0.4, -0.2) is 48.5 Å². The van der Waals surface area contributed by atoms with Gasteiger partial charge in [-0.3, -0.25) is 4.48 Å². The van der Waals surface area contributed by atoms with E-state index in [-0.39, 0.29) is 10.6 Å². The number of ether oxygens (including phenoxy) is 1. The van der Waals surface area contributed by atoms with Crippen LogP contribution in [0.2, 0.25) is 0 Å². The van der Waals surface area contributed by atoms with E-state index in [9.17, 15) is 4.79 Å². The Kier molecular flexibility index (Phi) is 4.80. The highest BCUT2D eigenvalue weighted by atomic mass is 16.5. The molecule has 0 rings (SSSR count). The molecule has 0 aliphatic heterocycles. The van der Waals surface area contributed by atoms with E-state index >= 15 is 0 Å². The minimum absolute atomic E-state index is 0.0988. The quantitative estimate of drug-likeness (QED) is 0.398. The van der Waals surface area contributed by atoms with E-state index < -0.39 is 12.2 Å². The summed E-state index contributed by atoms with van der Waals surface area (Å²) in [6.45, 7) is 7.81. The smallest absolute Gasteiger partial charge is 0.392 e. The first-order valence-electron chi connectivity index (χ1n) is 4.63. The van der Waals surface area contributed by atoms with Crippen molar-refractivity contribution < 1.29 is 19.1 Å². The second kappa shape index (κ2) is 5.12. The Bertz CT molecular complexity index is 211. The number of carboxylic acid groups (broad SMARTS) is 1. The van der Waals surface area contributed by atoms with Crippen LogP contribution in [0.4, 0.5) is 0 Å². The van der Waals surface area contributed by atoms with Crippen LogP contribution in [0.3, 0.4) is 0 Å². The molecule has 0 aliphatic carbocycles. The third-order valence-corrected chi connectivity index (χ3v) is 1.85. The monoisotopic (exact) mass is 202 g/mol. The van der Waals surface area contributed by atoms with Crippen molar-refractivity contribution in [2.75, 3.05) is 20.6 Å². The molecule has 4 heteroatoms. The summed E-state index contributed by atoms with van der Waals surface area (Å²) in [4.78, 5) is 11.0. The highest BCUT2D eigenvalue weighted by Gasteiger charge is 2.35. The molecule has 82 valence electrons. The fraction of sp³-hybridized carbons (Fsp3) is 0.700. The Morgan fingerprint density at radius 2 is 2.07 bits per heavy atom. The van der Waals surface area contributed by atoms with Crippen LogP contribution in [-0.2, 0) is 9.53 Å². The number of quaternary nitrogens is 1. The molecule has 0 bridgehead atoms. The highest BCUT2D eigenvalue weighted by molar-refractivity contribution is 5.70. The number of carbonyl (C=O) groups is 1. The third kappa shape index (κ3) is 3.89. The van der Waals surface area contributed by atoms with Gasteiger partial charge in [-0.15, -0.1) is 0 Å². The van der Waals surface area contributed by atoms with Crippen LogP contribution in [0.1, 0.15) is 13.8 Å². The predicted molar refractivity (Wildman–Crippen MR) is 54.8 cm³/mol. The molecule has 0 aromatic carbocycles. The molecule has 0 fully saturated rings. The molecular weight excluding hydrogens is 182 g/mol. The van der Waals surface area contributed by atoms with E-state index in [2.05, 4.69) is 6.58 Å². The average Bonchev–Trinajstić information content (AvgIpc) is 1.99. The molecule has 0 amide bonds. The SMILES string of the molecule is C=CC[N+](C)(C)C(OC(C)C)C(=O)O.